The van der Waals surface area contributed by atoms with Gasteiger partial charge in [0.1, 0.15) is 11.6 Å². The molecule has 1 fully saturated rings. The first-order valence-electron chi connectivity index (χ1n) is 5.82. The average molecular weight is 355 g/mol. The topological polar surface area (TPSA) is 54.4 Å². The van der Waals surface area contributed by atoms with E-state index in [-0.39, 0.29) is 28.3 Å². The first-order valence-corrected chi connectivity index (χ1v) is 8.43. The van der Waals surface area contributed by atoms with Crippen LogP contribution in [0.2, 0.25) is 0 Å². The SMILES string of the molecule is O=S1(=O)CCC(CC(O)c2c(F)ccc(Br)c2F)C1. The molecule has 1 aromatic carbocycles. The van der Waals surface area contributed by atoms with Gasteiger partial charge in [-0.3, -0.25) is 0 Å². The van der Waals surface area contributed by atoms with Gasteiger partial charge in [-0.15, -0.1) is 0 Å². The second-order valence-electron chi connectivity index (χ2n) is 4.78. The van der Waals surface area contributed by atoms with Gasteiger partial charge in [0, 0.05) is 0 Å². The maximum absolute atomic E-state index is 13.8. The molecule has 0 saturated carbocycles. The minimum absolute atomic E-state index is 0.0265. The van der Waals surface area contributed by atoms with Crippen molar-refractivity contribution in [3.63, 3.8) is 0 Å². The van der Waals surface area contributed by atoms with Crippen molar-refractivity contribution in [3.05, 3.63) is 33.8 Å². The third kappa shape index (κ3) is 3.32. The quantitative estimate of drug-likeness (QED) is 0.848. The Morgan fingerprint density at radius 3 is 2.68 bits per heavy atom. The fourth-order valence-corrected chi connectivity index (χ4v) is 4.57. The molecule has 0 aliphatic carbocycles. The van der Waals surface area contributed by atoms with Gasteiger partial charge < -0.3 is 5.11 Å². The van der Waals surface area contributed by atoms with Crippen LogP contribution in [0.25, 0.3) is 0 Å². The van der Waals surface area contributed by atoms with Crippen LogP contribution in [0.15, 0.2) is 16.6 Å². The molecule has 1 N–H and O–H groups in total. The molecule has 0 spiro atoms. The van der Waals surface area contributed by atoms with Crippen molar-refractivity contribution in [1.29, 1.82) is 0 Å². The molecule has 0 aromatic heterocycles. The van der Waals surface area contributed by atoms with Gasteiger partial charge in [-0.25, -0.2) is 17.2 Å². The molecule has 0 amide bonds. The lowest BCUT2D eigenvalue weighted by molar-refractivity contribution is 0.140. The molecule has 7 heteroatoms. The van der Waals surface area contributed by atoms with Crippen molar-refractivity contribution in [3.8, 4) is 0 Å². The first kappa shape index (κ1) is 14.9. The van der Waals surface area contributed by atoms with E-state index in [2.05, 4.69) is 15.9 Å². The number of benzene rings is 1. The Morgan fingerprint density at radius 2 is 2.11 bits per heavy atom. The monoisotopic (exact) mass is 354 g/mol. The van der Waals surface area contributed by atoms with Crippen LogP contribution in [0.5, 0.6) is 0 Å². The maximum atomic E-state index is 13.8. The summed E-state index contributed by atoms with van der Waals surface area (Å²) in [5.74, 6) is -1.87. The fourth-order valence-electron chi connectivity index (χ4n) is 2.34. The van der Waals surface area contributed by atoms with Gasteiger partial charge in [-0.1, -0.05) is 0 Å². The Labute approximate surface area is 118 Å². The Kier molecular flexibility index (Phi) is 4.27. The number of aliphatic hydroxyl groups is 1. The standard InChI is InChI=1S/C12H13BrF2O3S/c13-8-1-2-9(14)11(12(8)15)10(16)5-7-3-4-19(17,18)6-7/h1-2,7,10,16H,3-6H2. The highest BCUT2D eigenvalue weighted by Crippen LogP contribution is 2.33. The molecule has 2 unspecified atom stereocenters. The van der Waals surface area contributed by atoms with Crippen LogP contribution in [-0.4, -0.2) is 25.0 Å². The Bertz CT molecular complexity index is 589. The summed E-state index contributed by atoms with van der Waals surface area (Å²) in [5.41, 5.74) is -0.404. The largest absolute Gasteiger partial charge is 0.388 e. The van der Waals surface area contributed by atoms with E-state index in [9.17, 15) is 22.3 Å². The highest BCUT2D eigenvalue weighted by molar-refractivity contribution is 9.10. The fraction of sp³-hybridized carbons (Fsp3) is 0.500. The van der Waals surface area contributed by atoms with Crippen LogP contribution in [0.4, 0.5) is 8.78 Å². The molecule has 1 aliphatic rings. The molecule has 1 aliphatic heterocycles. The molecule has 1 aromatic rings. The molecule has 3 nitrogen and oxygen atoms in total. The summed E-state index contributed by atoms with van der Waals surface area (Å²) in [6, 6.07) is 2.29. The Hall–Kier alpha value is -0.530. The molecule has 106 valence electrons. The van der Waals surface area contributed by atoms with Crippen LogP contribution in [0.1, 0.15) is 24.5 Å². The minimum atomic E-state index is -3.06. The molecule has 19 heavy (non-hydrogen) atoms. The summed E-state index contributed by atoms with van der Waals surface area (Å²) in [6.45, 7) is 0. The van der Waals surface area contributed by atoms with Crippen molar-refractivity contribution < 1.29 is 22.3 Å². The normalized spacial score (nSPS) is 23.5. The zero-order valence-electron chi connectivity index (χ0n) is 9.94. The van der Waals surface area contributed by atoms with E-state index in [4.69, 9.17) is 0 Å². The summed E-state index contributed by atoms with van der Waals surface area (Å²) in [4.78, 5) is 0. The molecule has 2 rings (SSSR count). The van der Waals surface area contributed by atoms with Crippen molar-refractivity contribution in [1.82, 2.24) is 0 Å². The van der Waals surface area contributed by atoms with Gasteiger partial charge in [0.25, 0.3) is 0 Å². The molecule has 2 atom stereocenters. The summed E-state index contributed by atoms with van der Waals surface area (Å²) in [6.07, 6.45) is -0.865. The number of aliphatic hydroxyl groups excluding tert-OH is 1. The highest BCUT2D eigenvalue weighted by Gasteiger charge is 2.31. The van der Waals surface area contributed by atoms with Crippen LogP contribution in [0, 0.1) is 17.6 Å². The third-order valence-corrected chi connectivity index (χ3v) is 5.75. The zero-order chi connectivity index (χ0) is 14.2. The van der Waals surface area contributed by atoms with E-state index in [1.807, 2.05) is 0 Å². The summed E-state index contributed by atoms with van der Waals surface area (Å²) >= 11 is 2.93. The molecular formula is C12H13BrF2O3S. The number of hydrogen-bond acceptors (Lipinski definition) is 3. The zero-order valence-corrected chi connectivity index (χ0v) is 12.3. The number of hydrogen-bond donors (Lipinski definition) is 1. The van der Waals surface area contributed by atoms with E-state index in [1.54, 1.807) is 0 Å². The lowest BCUT2D eigenvalue weighted by atomic mass is 9.96. The van der Waals surface area contributed by atoms with Crippen molar-refractivity contribution in [2.45, 2.75) is 18.9 Å². The number of sulfone groups is 1. The smallest absolute Gasteiger partial charge is 0.150 e. The number of halogens is 3. The van der Waals surface area contributed by atoms with Gasteiger partial charge in [-0.05, 0) is 46.8 Å². The van der Waals surface area contributed by atoms with Gasteiger partial charge in [-0.2, -0.15) is 0 Å². The van der Waals surface area contributed by atoms with Crippen molar-refractivity contribution in [2.75, 3.05) is 11.5 Å². The second kappa shape index (κ2) is 5.46. The van der Waals surface area contributed by atoms with Crippen molar-refractivity contribution >= 4 is 25.8 Å². The van der Waals surface area contributed by atoms with Crippen LogP contribution in [0.3, 0.4) is 0 Å². The minimum Gasteiger partial charge on any atom is -0.388 e. The molecule has 1 heterocycles. The summed E-state index contributed by atoms with van der Waals surface area (Å²) in [5, 5.41) is 9.94. The summed E-state index contributed by atoms with van der Waals surface area (Å²) in [7, 11) is -3.06. The van der Waals surface area contributed by atoms with E-state index < -0.39 is 33.1 Å². The lowest BCUT2D eigenvalue weighted by Gasteiger charge is -2.16. The predicted molar refractivity (Wildman–Crippen MR) is 70.4 cm³/mol. The Balaban J connectivity index is 2.17. The highest BCUT2D eigenvalue weighted by atomic mass is 79.9. The van der Waals surface area contributed by atoms with E-state index in [1.165, 1.54) is 6.07 Å². The van der Waals surface area contributed by atoms with E-state index in [0.29, 0.717) is 6.42 Å². The van der Waals surface area contributed by atoms with E-state index >= 15 is 0 Å². The predicted octanol–water partition coefficient (Wildman–Crippen LogP) is 2.59. The van der Waals surface area contributed by atoms with Crippen LogP contribution < -0.4 is 0 Å². The Morgan fingerprint density at radius 1 is 1.42 bits per heavy atom. The van der Waals surface area contributed by atoms with E-state index in [0.717, 1.165) is 6.07 Å². The van der Waals surface area contributed by atoms with Gasteiger partial charge in [0.05, 0.1) is 27.6 Å². The van der Waals surface area contributed by atoms with Gasteiger partial charge in [0.15, 0.2) is 9.84 Å². The molecule has 0 radical (unpaired) electrons. The first-order chi connectivity index (χ1) is 8.80. The van der Waals surface area contributed by atoms with Gasteiger partial charge >= 0.3 is 0 Å². The van der Waals surface area contributed by atoms with Crippen LogP contribution in [-0.2, 0) is 9.84 Å². The number of rotatable bonds is 3. The van der Waals surface area contributed by atoms with Gasteiger partial charge in [0.2, 0.25) is 0 Å². The second-order valence-corrected chi connectivity index (χ2v) is 7.86. The van der Waals surface area contributed by atoms with Crippen LogP contribution >= 0.6 is 15.9 Å². The molecule has 0 bridgehead atoms. The summed E-state index contributed by atoms with van der Waals surface area (Å²) < 4.78 is 50.0. The molecular weight excluding hydrogens is 342 g/mol. The average Bonchev–Trinajstić information content (AvgIpc) is 2.64. The third-order valence-electron chi connectivity index (χ3n) is 3.30. The maximum Gasteiger partial charge on any atom is 0.150 e. The van der Waals surface area contributed by atoms with Crippen molar-refractivity contribution in [2.24, 2.45) is 5.92 Å². The lowest BCUT2D eigenvalue weighted by Crippen LogP contribution is -2.12. The molecule has 1 saturated heterocycles.